The summed E-state index contributed by atoms with van der Waals surface area (Å²) in [4.78, 5) is 91.4. The summed E-state index contributed by atoms with van der Waals surface area (Å²) in [6.07, 6.45) is 1.19. The number of benzene rings is 1. The molecule has 0 aromatic heterocycles. The summed E-state index contributed by atoms with van der Waals surface area (Å²) in [6, 6.07) is 3.70. The molecule has 7 amide bonds. The van der Waals surface area contributed by atoms with E-state index in [4.69, 9.17) is 0 Å². The van der Waals surface area contributed by atoms with Gasteiger partial charge < -0.3 is 15.1 Å². The number of nitrogens with zero attached hydrogens (tertiary/aromatic N) is 3. The number of hydrogen-bond acceptors (Lipinski definition) is 7. The number of piperidine rings is 1. The summed E-state index contributed by atoms with van der Waals surface area (Å²) >= 11 is 0. The zero-order chi connectivity index (χ0) is 31.3. The lowest BCUT2D eigenvalue weighted by molar-refractivity contribution is -0.142. The minimum absolute atomic E-state index is 0.0399. The highest BCUT2D eigenvalue weighted by atomic mass is 16.2. The van der Waals surface area contributed by atoms with Crippen molar-refractivity contribution >= 4 is 41.4 Å². The van der Waals surface area contributed by atoms with Crippen LogP contribution in [-0.2, 0) is 24.0 Å². The quantitative estimate of drug-likeness (QED) is 0.206. The van der Waals surface area contributed by atoms with Crippen LogP contribution in [0.25, 0.3) is 0 Å². The van der Waals surface area contributed by atoms with E-state index in [0.717, 1.165) is 4.90 Å². The molecule has 0 aliphatic carbocycles. The lowest BCUT2D eigenvalue weighted by atomic mass is 9.91. The Labute approximate surface area is 250 Å². The van der Waals surface area contributed by atoms with E-state index < -0.39 is 29.7 Å². The first-order valence-electron chi connectivity index (χ1n) is 14.5. The van der Waals surface area contributed by atoms with E-state index in [1.54, 1.807) is 21.9 Å². The minimum Gasteiger partial charge on any atom is -0.356 e. The number of amides is 7. The van der Waals surface area contributed by atoms with Crippen molar-refractivity contribution in [2.45, 2.75) is 65.3 Å². The number of nitrogens with one attached hydrogen (secondary N) is 2. The van der Waals surface area contributed by atoms with E-state index >= 15 is 0 Å². The van der Waals surface area contributed by atoms with Gasteiger partial charge in [0.1, 0.15) is 12.5 Å². The number of carbonyl (C=O) groups excluding carboxylic acids is 7. The lowest BCUT2D eigenvalue weighted by Gasteiger charge is -2.36. The Morgan fingerprint density at radius 1 is 0.977 bits per heavy atom. The molecule has 43 heavy (non-hydrogen) atoms. The van der Waals surface area contributed by atoms with Gasteiger partial charge in [0, 0.05) is 57.5 Å². The third-order valence-corrected chi connectivity index (χ3v) is 7.47. The van der Waals surface area contributed by atoms with Crippen molar-refractivity contribution in [1.29, 1.82) is 0 Å². The first-order valence-corrected chi connectivity index (χ1v) is 14.5. The predicted octanol–water partition coefficient (Wildman–Crippen LogP) is 0.833. The molecule has 228 valence electrons. The van der Waals surface area contributed by atoms with Crippen LogP contribution < -0.4 is 10.6 Å². The van der Waals surface area contributed by atoms with Crippen molar-refractivity contribution < 1.29 is 33.6 Å². The van der Waals surface area contributed by atoms with Gasteiger partial charge in [-0.25, -0.2) is 0 Å². The second kappa shape index (κ2) is 13.2. The number of fused-ring (bicyclic) bond motifs is 1. The van der Waals surface area contributed by atoms with Crippen molar-refractivity contribution in [3.63, 3.8) is 0 Å². The van der Waals surface area contributed by atoms with Gasteiger partial charge in [0.2, 0.25) is 29.5 Å². The Morgan fingerprint density at radius 2 is 1.65 bits per heavy atom. The van der Waals surface area contributed by atoms with E-state index in [1.807, 2.05) is 20.8 Å². The van der Waals surface area contributed by atoms with Crippen LogP contribution in [0.3, 0.4) is 0 Å². The third-order valence-electron chi connectivity index (χ3n) is 7.47. The molecule has 0 spiro atoms. The van der Waals surface area contributed by atoms with Crippen LogP contribution in [0.5, 0.6) is 0 Å². The van der Waals surface area contributed by atoms with Gasteiger partial charge in [-0.3, -0.25) is 43.8 Å². The molecule has 12 nitrogen and oxygen atoms in total. The molecule has 1 aromatic rings. The van der Waals surface area contributed by atoms with Crippen LogP contribution in [0, 0.1) is 17.3 Å². The van der Waals surface area contributed by atoms with Crippen molar-refractivity contribution in [3.8, 4) is 11.8 Å². The van der Waals surface area contributed by atoms with Gasteiger partial charge >= 0.3 is 0 Å². The van der Waals surface area contributed by atoms with Crippen molar-refractivity contribution in [2.75, 3.05) is 32.7 Å². The molecule has 1 atom stereocenters. The van der Waals surface area contributed by atoms with Crippen molar-refractivity contribution in [2.24, 2.45) is 5.41 Å². The molecule has 0 saturated carbocycles. The zero-order valence-electron chi connectivity index (χ0n) is 24.8. The zero-order valence-corrected chi connectivity index (χ0v) is 24.8. The maximum atomic E-state index is 13.1. The molecule has 3 aliphatic heterocycles. The van der Waals surface area contributed by atoms with Gasteiger partial charge in [0.25, 0.3) is 11.8 Å². The molecule has 0 radical (unpaired) electrons. The highest BCUT2D eigenvalue weighted by molar-refractivity contribution is 6.24. The first kappa shape index (κ1) is 31.4. The van der Waals surface area contributed by atoms with E-state index in [9.17, 15) is 33.6 Å². The SMILES string of the molecule is CC(C)(C)CC(=O)N1CCN(C(=O)CC(=O)NCCCC#Cc2cccc3c2C(=O)N(C2CCC(=O)NC2=O)C3=O)CC1. The maximum absolute atomic E-state index is 13.1. The van der Waals surface area contributed by atoms with Crippen LogP contribution in [0.2, 0.25) is 0 Å². The molecule has 1 aromatic carbocycles. The highest BCUT2D eigenvalue weighted by Crippen LogP contribution is 2.29. The topological polar surface area (TPSA) is 153 Å². The summed E-state index contributed by atoms with van der Waals surface area (Å²) in [5.74, 6) is 2.97. The Hall–Kier alpha value is -4.53. The Balaban J connectivity index is 1.21. The fourth-order valence-corrected chi connectivity index (χ4v) is 5.26. The summed E-state index contributed by atoms with van der Waals surface area (Å²) < 4.78 is 0. The van der Waals surface area contributed by atoms with E-state index in [0.29, 0.717) is 57.5 Å². The Bertz CT molecular complexity index is 1410. The van der Waals surface area contributed by atoms with E-state index in [1.165, 1.54) is 6.07 Å². The number of piperazine rings is 1. The molecular weight excluding hydrogens is 554 g/mol. The largest absolute Gasteiger partial charge is 0.356 e. The standard InChI is InChI=1S/C31H37N5O7/c1-31(2,3)19-26(40)35-16-14-34(15-17-35)25(39)18-24(38)32-13-6-4-5-8-20-9-7-10-21-27(20)30(43)36(29(21)42)22-11-12-23(37)33-28(22)41/h7,9-10,22H,4,6,11-19H2,1-3H3,(H,32,38)(H,33,37,41). The van der Waals surface area contributed by atoms with Crippen LogP contribution >= 0.6 is 0 Å². The van der Waals surface area contributed by atoms with Crippen LogP contribution in [0.1, 0.15) is 85.6 Å². The number of rotatable bonds is 7. The molecular formula is C31H37N5O7. The Kier molecular flexibility index (Phi) is 9.63. The average molecular weight is 592 g/mol. The van der Waals surface area contributed by atoms with Crippen LogP contribution in [0.15, 0.2) is 18.2 Å². The lowest BCUT2D eigenvalue weighted by Crippen LogP contribution is -2.54. The molecule has 2 N–H and O–H groups in total. The summed E-state index contributed by atoms with van der Waals surface area (Å²) in [7, 11) is 0. The number of unbranched alkanes of at least 4 members (excludes halogenated alkanes) is 1. The van der Waals surface area contributed by atoms with Gasteiger partial charge in [0.05, 0.1) is 11.1 Å². The van der Waals surface area contributed by atoms with Gasteiger partial charge in [-0.05, 0) is 30.4 Å². The van der Waals surface area contributed by atoms with Crippen LogP contribution in [0.4, 0.5) is 0 Å². The van der Waals surface area contributed by atoms with E-state index in [2.05, 4.69) is 22.5 Å². The molecule has 0 bridgehead atoms. The van der Waals surface area contributed by atoms with Crippen molar-refractivity contribution in [3.05, 3.63) is 34.9 Å². The monoisotopic (exact) mass is 591 g/mol. The minimum atomic E-state index is -1.05. The molecule has 3 heterocycles. The second-order valence-electron chi connectivity index (χ2n) is 12.1. The predicted molar refractivity (Wildman–Crippen MR) is 154 cm³/mol. The van der Waals surface area contributed by atoms with Gasteiger partial charge in [-0.15, -0.1) is 0 Å². The molecule has 2 saturated heterocycles. The van der Waals surface area contributed by atoms with E-state index in [-0.39, 0.29) is 53.5 Å². The molecule has 3 aliphatic rings. The summed E-state index contributed by atoms with van der Waals surface area (Å²) in [6.45, 7) is 8.06. The van der Waals surface area contributed by atoms with Gasteiger partial charge in [-0.1, -0.05) is 38.7 Å². The smallest absolute Gasteiger partial charge is 0.263 e. The third kappa shape index (κ3) is 7.66. The summed E-state index contributed by atoms with van der Waals surface area (Å²) in [5, 5.41) is 4.89. The second-order valence-corrected chi connectivity index (χ2v) is 12.1. The van der Waals surface area contributed by atoms with Gasteiger partial charge in [-0.2, -0.15) is 0 Å². The highest BCUT2D eigenvalue weighted by Gasteiger charge is 2.45. The number of carbonyl (C=O) groups is 7. The normalized spacial score (nSPS) is 18.6. The first-order chi connectivity index (χ1) is 20.4. The fraction of sp³-hybridized carbons (Fsp3) is 0.516. The number of imide groups is 2. The molecule has 1 unspecified atom stereocenters. The average Bonchev–Trinajstić information content (AvgIpc) is 3.19. The maximum Gasteiger partial charge on any atom is 0.263 e. The fourth-order valence-electron chi connectivity index (χ4n) is 5.26. The number of hydrogen-bond donors (Lipinski definition) is 2. The Morgan fingerprint density at radius 3 is 2.30 bits per heavy atom. The molecule has 2 fully saturated rings. The molecule has 4 rings (SSSR count). The van der Waals surface area contributed by atoms with Crippen LogP contribution in [-0.4, -0.2) is 94.8 Å². The molecule has 12 heteroatoms. The van der Waals surface area contributed by atoms with Crippen molar-refractivity contribution in [1.82, 2.24) is 25.3 Å². The van der Waals surface area contributed by atoms with Gasteiger partial charge in [0.15, 0.2) is 0 Å². The summed E-state index contributed by atoms with van der Waals surface area (Å²) in [5.41, 5.74) is 0.559.